The van der Waals surface area contributed by atoms with Crippen LogP contribution in [-0.2, 0) is 20.7 Å². The van der Waals surface area contributed by atoms with Crippen molar-refractivity contribution >= 4 is 22.4 Å². The van der Waals surface area contributed by atoms with Crippen molar-refractivity contribution in [3.63, 3.8) is 0 Å². The maximum Gasteiger partial charge on any atom is 0.295 e. The monoisotopic (exact) mass is 302 g/mol. The molecule has 0 atom stereocenters. The van der Waals surface area contributed by atoms with Crippen LogP contribution in [0.25, 0.3) is 0 Å². The van der Waals surface area contributed by atoms with Gasteiger partial charge >= 0.3 is 0 Å². The molecule has 2 aromatic rings. The molecule has 0 radical (unpaired) electrons. The molecular weight excluding hydrogens is 288 g/mol. The number of nitrogens with zero attached hydrogens (tertiary/aromatic N) is 1. The number of rotatable bonds is 4. The molecule has 6 heteroatoms. The van der Waals surface area contributed by atoms with Gasteiger partial charge in [0.25, 0.3) is 5.91 Å². The highest BCUT2D eigenvalue weighted by molar-refractivity contribution is 7.15. The normalized spacial score (nSPS) is 13.8. The molecule has 21 heavy (non-hydrogen) atoms. The third-order valence-corrected chi connectivity index (χ3v) is 3.78. The SMILES string of the molecule is O=C(Nc1ncc(Cc2ccccc2)s1)C1=COCCO1. The maximum atomic E-state index is 11.9. The van der Waals surface area contributed by atoms with Gasteiger partial charge in [-0.25, -0.2) is 4.98 Å². The summed E-state index contributed by atoms with van der Waals surface area (Å²) in [5, 5.41) is 3.27. The van der Waals surface area contributed by atoms with E-state index >= 15 is 0 Å². The van der Waals surface area contributed by atoms with Crippen LogP contribution in [0.15, 0.2) is 48.5 Å². The topological polar surface area (TPSA) is 60.5 Å². The summed E-state index contributed by atoms with van der Waals surface area (Å²) < 4.78 is 10.3. The van der Waals surface area contributed by atoms with E-state index in [1.807, 2.05) is 18.2 Å². The van der Waals surface area contributed by atoms with Gasteiger partial charge in [0.15, 0.2) is 5.13 Å². The molecule has 1 aliphatic rings. The fraction of sp³-hybridized carbons (Fsp3) is 0.200. The lowest BCUT2D eigenvalue weighted by Gasteiger charge is -2.14. The molecule has 0 saturated heterocycles. The lowest BCUT2D eigenvalue weighted by Crippen LogP contribution is -2.20. The van der Waals surface area contributed by atoms with Crippen molar-refractivity contribution < 1.29 is 14.3 Å². The number of carbonyl (C=O) groups is 1. The molecule has 1 amide bonds. The van der Waals surface area contributed by atoms with E-state index in [1.54, 1.807) is 6.20 Å². The van der Waals surface area contributed by atoms with Gasteiger partial charge in [-0.1, -0.05) is 30.3 Å². The van der Waals surface area contributed by atoms with Crippen LogP contribution in [0.5, 0.6) is 0 Å². The number of hydrogen-bond donors (Lipinski definition) is 1. The second kappa shape index (κ2) is 6.41. The van der Waals surface area contributed by atoms with Crippen molar-refractivity contribution in [2.24, 2.45) is 0 Å². The number of carbonyl (C=O) groups excluding carboxylic acids is 1. The fourth-order valence-electron chi connectivity index (χ4n) is 1.89. The first-order chi connectivity index (χ1) is 10.3. The Morgan fingerprint density at radius 3 is 2.90 bits per heavy atom. The highest BCUT2D eigenvalue weighted by Crippen LogP contribution is 2.22. The van der Waals surface area contributed by atoms with E-state index in [2.05, 4.69) is 22.4 Å². The van der Waals surface area contributed by atoms with Gasteiger partial charge in [-0.3, -0.25) is 10.1 Å². The molecule has 108 valence electrons. The van der Waals surface area contributed by atoms with E-state index in [-0.39, 0.29) is 11.7 Å². The van der Waals surface area contributed by atoms with Crippen molar-refractivity contribution in [3.8, 4) is 0 Å². The molecule has 5 nitrogen and oxygen atoms in total. The second-order valence-corrected chi connectivity index (χ2v) is 5.56. The molecule has 3 rings (SSSR count). The number of ether oxygens (including phenoxy) is 2. The maximum absolute atomic E-state index is 11.9. The summed E-state index contributed by atoms with van der Waals surface area (Å²) in [6.45, 7) is 0.853. The number of aromatic nitrogens is 1. The zero-order chi connectivity index (χ0) is 14.5. The quantitative estimate of drug-likeness (QED) is 0.943. The van der Waals surface area contributed by atoms with Crippen molar-refractivity contribution in [3.05, 3.63) is 59.0 Å². The predicted octanol–water partition coefficient (Wildman–Crippen LogP) is 2.56. The largest absolute Gasteiger partial charge is 0.494 e. The zero-order valence-electron chi connectivity index (χ0n) is 11.2. The first kappa shape index (κ1) is 13.6. The van der Waals surface area contributed by atoms with Gasteiger partial charge in [0.05, 0.1) is 0 Å². The third-order valence-electron chi connectivity index (χ3n) is 2.87. The van der Waals surface area contributed by atoms with Gasteiger partial charge < -0.3 is 9.47 Å². The smallest absolute Gasteiger partial charge is 0.295 e. The Morgan fingerprint density at radius 2 is 2.14 bits per heavy atom. The number of nitrogens with one attached hydrogen (secondary N) is 1. The number of hydrogen-bond acceptors (Lipinski definition) is 5. The number of amides is 1. The van der Waals surface area contributed by atoms with Crippen molar-refractivity contribution in [2.75, 3.05) is 18.5 Å². The third kappa shape index (κ3) is 3.61. The van der Waals surface area contributed by atoms with Gasteiger partial charge in [0.1, 0.15) is 19.5 Å². The van der Waals surface area contributed by atoms with Gasteiger partial charge in [-0.15, -0.1) is 11.3 Å². The van der Waals surface area contributed by atoms with Crippen molar-refractivity contribution in [2.45, 2.75) is 6.42 Å². The lowest BCUT2D eigenvalue weighted by atomic mass is 10.1. The average Bonchev–Trinajstić information content (AvgIpc) is 2.96. The molecule has 0 fully saturated rings. The van der Waals surface area contributed by atoms with E-state index < -0.39 is 0 Å². The summed E-state index contributed by atoms with van der Waals surface area (Å²) in [7, 11) is 0. The van der Waals surface area contributed by atoms with Gasteiger partial charge in [-0.2, -0.15) is 0 Å². The minimum atomic E-state index is -0.338. The van der Waals surface area contributed by atoms with Crippen LogP contribution < -0.4 is 5.32 Å². The first-order valence-electron chi connectivity index (χ1n) is 6.56. The van der Waals surface area contributed by atoms with Crippen LogP contribution in [0.1, 0.15) is 10.4 Å². The minimum Gasteiger partial charge on any atom is -0.494 e. The Bertz CT molecular complexity index is 652. The average molecular weight is 302 g/mol. The van der Waals surface area contributed by atoms with Gasteiger partial charge in [0.2, 0.25) is 5.76 Å². The first-order valence-corrected chi connectivity index (χ1v) is 7.37. The molecule has 0 spiro atoms. The summed E-state index contributed by atoms with van der Waals surface area (Å²) in [6, 6.07) is 10.1. The van der Waals surface area contributed by atoms with E-state index in [0.717, 1.165) is 11.3 Å². The molecule has 0 bridgehead atoms. The molecule has 0 unspecified atom stereocenters. The Balaban J connectivity index is 1.62. The summed E-state index contributed by atoms with van der Waals surface area (Å²) >= 11 is 1.45. The van der Waals surface area contributed by atoms with E-state index in [1.165, 1.54) is 23.2 Å². The number of thiazole rings is 1. The van der Waals surface area contributed by atoms with Crippen LogP contribution in [0.2, 0.25) is 0 Å². The lowest BCUT2D eigenvalue weighted by molar-refractivity contribution is -0.117. The predicted molar refractivity (Wildman–Crippen MR) is 80.0 cm³/mol. The van der Waals surface area contributed by atoms with Crippen LogP contribution in [-0.4, -0.2) is 24.1 Å². The van der Waals surface area contributed by atoms with E-state index in [9.17, 15) is 4.79 Å². The molecule has 0 saturated carbocycles. The van der Waals surface area contributed by atoms with Crippen LogP contribution in [0, 0.1) is 0 Å². The molecule has 1 aromatic carbocycles. The van der Waals surface area contributed by atoms with Gasteiger partial charge in [0, 0.05) is 17.5 Å². The fourth-order valence-corrected chi connectivity index (χ4v) is 2.73. The van der Waals surface area contributed by atoms with Crippen LogP contribution in [0.4, 0.5) is 5.13 Å². The summed E-state index contributed by atoms with van der Waals surface area (Å²) in [5.41, 5.74) is 1.21. The Morgan fingerprint density at radius 1 is 1.29 bits per heavy atom. The van der Waals surface area contributed by atoms with E-state index in [0.29, 0.717) is 18.3 Å². The second-order valence-electron chi connectivity index (χ2n) is 4.45. The highest BCUT2D eigenvalue weighted by Gasteiger charge is 2.16. The Labute approximate surface area is 126 Å². The van der Waals surface area contributed by atoms with E-state index in [4.69, 9.17) is 9.47 Å². The van der Waals surface area contributed by atoms with Gasteiger partial charge in [-0.05, 0) is 5.56 Å². The highest BCUT2D eigenvalue weighted by atomic mass is 32.1. The Kier molecular flexibility index (Phi) is 4.16. The molecule has 2 heterocycles. The summed E-state index contributed by atoms with van der Waals surface area (Å²) in [5.74, 6) is -0.156. The molecule has 0 aliphatic carbocycles. The molecule has 1 aliphatic heterocycles. The van der Waals surface area contributed by atoms with Crippen molar-refractivity contribution in [1.82, 2.24) is 4.98 Å². The number of benzene rings is 1. The summed E-state index contributed by atoms with van der Waals surface area (Å²) in [6.07, 6.45) is 3.91. The van der Waals surface area contributed by atoms with Crippen LogP contribution >= 0.6 is 11.3 Å². The minimum absolute atomic E-state index is 0.182. The Hall–Kier alpha value is -2.34. The summed E-state index contributed by atoms with van der Waals surface area (Å²) in [4.78, 5) is 17.2. The van der Waals surface area contributed by atoms with Crippen molar-refractivity contribution in [1.29, 1.82) is 0 Å². The van der Waals surface area contributed by atoms with Crippen LogP contribution in [0.3, 0.4) is 0 Å². The zero-order valence-corrected chi connectivity index (χ0v) is 12.1. The number of anilines is 1. The standard InChI is InChI=1S/C15H14N2O3S/c18-14(13-10-19-6-7-20-13)17-15-16-9-12(21-15)8-11-4-2-1-3-5-11/h1-5,9-10H,6-8H2,(H,16,17,18). The molecule has 1 aromatic heterocycles. The molecular formula is C15H14N2O3S. The molecule has 1 N–H and O–H groups in total.